The minimum Gasteiger partial charge on any atom is -0.478 e. The smallest absolute Gasteiger partial charge is 0.330 e. The number of hydrogen-bond donors (Lipinski definition) is 4. The molecule has 4 N–H and O–H groups in total. The maximum Gasteiger partial charge on any atom is 0.330 e. The summed E-state index contributed by atoms with van der Waals surface area (Å²) in [5.74, 6) is -1.87. The fourth-order valence-corrected chi connectivity index (χ4v) is 1.69. The van der Waals surface area contributed by atoms with E-state index in [-0.39, 0.29) is 17.8 Å². The van der Waals surface area contributed by atoms with Crippen LogP contribution in [0.3, 0.4) is 0 Å². The predicted molar refractivity (Wildman–Crippen MR) is 105 cm³/mol. The molecule has 0 atom stereocenters. The van der Waals surface area contributed by atoms with Crippen molar-refractivity contribution in [3.63, 3.8) is 0 Å². The molecule has 0 aromatic heterocycles. The van der Waals surface area contributed by atoms with Crippen molar-refractivity contribution < 1.29 is 30.0 Å². The first-order valence-corrected chi connectivity index (χ1v) is 9.08. The first-order chi connectivity index (χ1) is 12.0. The Hall–Kier alpha value is -1.66. The van der Waals surface area contributed by atoms with Crippen molar-refractivity contribution in [2.75, 3.05) is 6.61 Å². The van der Waals surface area contributed by atoms with E-state index in [0.29, 0.717) is 0 Å². The largest absolute Gasteiger partial charge is 0.478 e. The number of unbranched alkanes of at least 4 members (excludes halogenated alkanes) is 4. The van der Waals surface area contributed by atoms with Crippen molar-refractivity contribution in [3.8, 4) is 0 Å². The highest BCUT2D eigenvalue weighted by Gasteiger charge is 2.24. The summed E-state index contributed by atoms with van der Waals surface area (Å²) in [6.45, 7) is 13.4. The standard InChI is InChI=1S/C12H26O2.2C4H6O2/c1-3-5-7-9-12(14,11-13)10-8-6-4-2;2*1-3(2)4(5)6/h13-14H,3-11H2,1-2H3;2*1H2,2H3,(H,5,6). The minimum absolute atomic E-state index is 0.0829. The summed E-state index contributed by atoms with van der Waals surface area (Å²) in [7, 11) is 0. The molecule has 0 aromatic carbocycles. The zero-order valence-corrected chi connectivity index (χ0v) is 16.9. The first kappa shape index (κ1) is 29.1. The molecule has 0 unspecified atom stereocenters. The molecule has 26 heavy (non-hydrogen) atoms. The van der Waals surface area contributed by atoms with Gasteiger partial charge in [-0.15, -0.1) is 0 Å². The Bertz CT molecular complexity index is 357. The normalized spacial score (nSPS) is 9.92. The number of carboxylic acids is 2. The van der Waals surface area contributed by atoms with Gasteiger partial charge in [0.2, 0.25) is 0 Å². The van der Waals surface area contributed by atoms with E-state index in [1.165, 1.54) is 13.8 Å². The van der Waals surface area contributed by atoms with Gasteiger partial charge in [0.25, 0.3) is 0 Å². The van der Waals surface area contributed by atoms with Gasteiger partial charge in [-0.1, -0.05) is 65.5 Å². The van der Waals surface area contributed by atoms with Crippen LogP contribution < -0.4 is 0 Å². The van der Waals surface area contributed by atoms with Gasteiger partial charge < -0.3 is 20.4 Å². The van der Waals surface area contributed by atoms with Gasteiger partial charge in [0.15, 0.2) is 0 Å². The number of aliphatic carboxylic acids is 2. The average Bonchev–Trinajstić information content (AvgIpc) is 2.56. The lowest BCUT2D eigenvalue weighted by atomic mass is 9.91. The van der Waals surface area contributed by atoms with E-state index in [2.05, 4.69) is 27.0 Å². The fourth-order valence-electron chi connectivity index (χ4n) is 1.69. The molecule has 0 amide bonds. The first-order valence-electron chi connectivity index (χ1n) is 9.08. The molecule has 0 radical (unpaired) electrons. The summed E-state index contributed by atoms with van der Waals surface area (Å²) in [6, 6.07) is 0. The van der Waals surface area contributed by atoms with Crippen LogP contribution in [0.1, 0.15) is 79.1 Å². The van der Waals surface area contributed by atoms with Gasteiger partial charge >= 0.3 is 11.9 Å². The van der Waals surface area contributed by atoms with Crippen molar-refractivity contribution >= 4 is 11.9 Å². The second-order valence-electron chi connectivity index (χ2n) is 6.47. The highest BCUT2D eigenvalue weighted by Crippen LogP contribution is 2.21. The average molecular weight is 375 g/mol. The zero-order chi connectivity index (χ0) is 21.2. The third-order valence-corrected chi connectivity index (χ3v) is 3.52. The summed E-state index contributed by atoms with van der Waals surface area (Å²) >= 11 is 0. The summed E-state index contributed by atoms with van der Waals surface area (Å²) < 4.78 is 0. The molecule has 0 aliphatic rings. The Labute approximate surface area is 158 Å². The fraction of sp³-hybridized carbons (Fsp3) is 0.700. The molecule has 0 saturated heterocycles. The predicted octanol–water partition coefficient (Wildman–Crippen LogP) is 4.16. The van der Waals surface area contributed by atoms with E-state index >= 15 is 0 Å². The molecule has 0 rings (SSSR count). The summed E-state index contributed by atoms with van der Waals surface area (Å²) in [4.78, 5) is 19.2. The van der Waals surface area contributed by atoms with E-state index in [9.17, 15) is 14.7 Å². The molecule has 0 spiro atoms. The topological polar surface area (TPSA) is 115 Å². The molecule has 6 nitrogen and oxygen atoms in total. The number of carboxylic acid groups (broad SMARTS) is 2. The Balaban J connectivity index is -0.000000364. The Morgan fingerprint density at radius 3 is 1.23 bits per heavy atom. The summed E-state index contributed by atoms with van der Waals surface area (Å²) in [6.07, 6.45) is 8.18. The molecular formula is C20H38O6. The van der Waals surface area contributed by atoms with Gasteiger partial charge in [0.1, 0.15) is 0 Å². The third kappa shape index (κ3) is 22.3. The molecule has 0 aliphatic carbocycles. The Morgan fingerprint density at radius 2 is 1.08 bits per heavy atom. The van der Waals surface area contributed by atoms with Gasteiger partial charge in [0, 0.05) is 11.1 Å². The van der Waals surface area contributed by atoms with Gasteiger partial charge in [-0.05, 0) is 26.7 Å². The molecule has 154 valence electrons. The van der Waals surface area contributed by atoms with Crippen LogP contribution in [0.2, 0.25) is 0 Å². The van der Waals surface area contributed by atoms with Crippen LogP contribution in [-0.4, -0.2) is 44.6 Å². The van der Waals surface area contributed by atoms with Crippen LogP contribution in [0.4, 0.5) is 0 Å². The van der Waals surface area contributed by atoms with Crippen LogP contribution in [0.15, 0.2) is 24.3 Å². The number of aliphatic hydroxyl groups excluding tert-OH is 1. The lowest BCUT2D eigenvalue weighted by Gasteiger charge is -2.25. The van der Waals surface area contributed by atoms with Gasteiger partial charge in [-0.2, -0.15) is 0 Å². The summed E-state index contributed by atoms with van der Waals surface area (Å²) in [5, 5.41) is 34.9. The highest BCUT2D eigenvalue weighted by molar-refractivity contribution is 5.85. The lowest BCUT2D eigenvalue weighted by molar-refractivity contribution is -0.133. The molecular weight excluding hydrogens is 336 g/mol. The van der Waals surface area contributed by atoms with Crippen molar-refractivity contribution in [2.45, 2.75) is 84.7 Å². The zero-order valence-electron chi connectivity index (χ0n) is 16.9. The number of aliphatic hydroxyl groups is 2. The number of carbonyl (C=O) groups is 2. The number of rotatable bonds is 11. The quantitative estimate of drug-likeness (QED) is 0.319. The monoisotopic (exact) mass is 374 g/mol. The van der Waals surface area contributed by atoms with Gasteiger partial charge in [0.05, 0.1) is 12.2 Å². The van der Waals surface area contributed by atoms with Crippen molar-refractivity contribution in [1.82, 2.24) is 0 Å². The van der Waals surface area contributed by atoms with Gasteiger partial charge in [-0.25, -0.2) is 9.59 Å². The lowest BCUT2D eigenvalue weighted by Crippen LogP contribution is -2.33. The van der Waals surface area contributed by atoms with Gasteiger partial charge in [-0.3, -0.25) is 0 Å². The molecule has 0 fully saturated rings. The van der Waals surface area contributed by atoms with Crippen LogP contribution in [-0.2, 0) is 9.59 Å². The molecule has 0 bridgehead atoms. The molecule has 0 aromatic rings. The molecule has 6 heteroatoms. The van der Waals surface area contributed by atoms with Crippen LogP contribution in [0.25, 0.3) is 0 Å². The molecule has 0 aliphatic heterocycles. The van der Waals surface area contributed by atoms with Crippen LogP contribution in [0.5, 0.6) is 0 Å². The Morgan fingerprint density at radius 1 is 0.808 bits per heavy atom. The number of hydrogen-bond acceptors (Lipinski definition) is 4. The highest BCUT2D eigenvalue weighted by atomic mass is 16.4. The third-order valence-electron chi connectivity index (χ3n) is 3.52. The van der Waals surface area contributed by atoms with Crippen molar-refractivity contribution in [3.05, 3.63) is 24.3 Å². The second-order valence-corrected chi connectivity index (χ2v) is 6.47. The maximum absolute atomic E-state index is 10.0. The van der Waals surface area contributed by atoms with Crippen LogP contribution in [0, 0.1) is 0 Å². The van der Waals surface area contributed by atoms with Crippen LogP contribution >= 0.6 is 0 Å². The van der Waals surface area contributed by atoms with Crippen molar-refractivity contribution in [1.29, 1.82) is 0 Å². The Kier molecular flexibility index (Phi) is 20.3. The maximum atomic E-state index is 10.0. The van der Waals surface area contributed by atoms with E-state index < -0.39 is 17.5 Å². The van der Waals surface area contributed by atoms with E-state index in [1.54, 1.807) is 0 Å². The molecule has 0 heterocycles. The van der Waals surface area contributed by atoms with E-state index in [4.69, 9.17) is 15.3 Å². The summed E-state index contributed by atoms with van der Waals surface area (Å²) in [5.41, 5.74) is -0.449. The minimum atomic E-state index is -0.935. The second kappa shape index (κ2) is 18.1. The SMILES string of the molecule is C=C(C)C(=O)O.C=C(C)C(=O)O.CCCCCC(O)(CO)CCCCC. The van der Waals surface area contributed by atoms with Crippen molar-refractivity contribution in [2.24, 2.45) is 0 Å². The molecule has 0 saturated carbocycles. The van der Waals surface area contributed by atoms with E-state index in [1.807, 2.05) is 0 Å². The van der Waals surface area contributed by atoms with E-state index in [0.717, 1.165) is 51.4 Å².